The average Bonchev–Trinajstić information content (AvgIpc) is 2.81. The molecule has 0 radical (unpaired) electrons. The number of phenolic OH excluding ortho intramolecular Hbond substituents is 1. The first-order valence-corrected chi connectivity index (χ1v) is 17.7. The van der Waals surface area contributed by atoms with Crippen LogP contribution >= 0.6 is 19.2 Å². The van der Waals surface area contributed by atoms with Crippen LogP contribution in [0.2, 0.25) is 5.02 Å². The van der Waals surface area contributed by atoms with Crippen LogP contribution in [-0.2, 0) is 14.5 Å². The van der Waals surface area contributed by atoms with Crippen LogP contribution in [0.3, 0.4) is 0 Å². The summed E-state index contributed by atoms with van der Waals surface area (Å²) in [5.41, 5.74) is 0.161. The smallest absolute Gasteiger partial charge is 0.359 e. The van der Waals surface area contributed by atoms with E-state index < -0.39 is 13.0 Å². The molecular weight excluding hydrogens is 527 g/mol. The van der Waals surface area contributed by atoms with Gasteiger partial charge in [-0.05, 0) is 42.7 Å². The Hall–Kier alpha value is -0.540. The summed E-state index contributed by atoms with van der Waals surface area (Å²) < 4.78 is 18.9. The SMILES string of the molecule is CCCCCCCCCCCCCCCCCC(C)OP(=O)(O)c1cc(Cl)c(O)c(C(C)(C)CC(C)(C)C)c1. The summed E-state index contributed by atoms with van der Waals surface area (Å²) in [6.07, 6.45) is 20.9. The molecular formula is C33H60ClO4P. The Labute approximate surface area is 246 Å². The highest BCUT2D eigenvalue weighted by molar-refractivity contribution is 7.61. The number of hydrogen-bond donors (Lipinski definition) is 2. The first kappa shape index (κ1) is 36.5. The van der Waals surface area contributed by atoms with Gasteiger partial charge in [0.1, 0.15) is 5.75 Å². The number of benzene rings is 1. The van der Waals surface area contributed by atoms with Crippen LogP contribution in [0.5, 0.6) is 5.75 Å². The lowest BCUT2D eigenvalue weighted by atomic mass is 9.72. The van der Waals surface area contributed by atoms with Crippen molar-refractivity contribution in [2.75, 3.05) is 0 Å². The maximum absolute atomic E-state index is 13.2. The van der Waals surface area contributed by atoms with E-state index in [2.05, 4.69) is 27.7 Å². The third-order valence-corrected chi connectivity index (χ3v) is 9.46. The second-order valence-electron chi connectivity index (χ2n) is 13.6. The summed E-state index contributed by atoms with van der Waals surface area (Å²) in [5, 5.41) is 10.9. The molecule has 0 heterocycles. The van der Waals surface area contributed by atoms with E-state index in [1.807, 2.05) is 20.8 Å². The van der Waals surface area contributed by atoms with Gasteiger partial charge in [0, 0.05) is 5.56 Å². The van der Waals surface area contributed by atoms with Gasteiger partial charge in [-0.2, -0.15) is 0 Å². The van der Waals surface area contributed by atoms with E-state index in [1.54, 1.807) is 6.07 Å². The molecule has 4 nitrogen and oxygen atoms in total. The normalized spacial score (nSPS) is 14.9. The van der Waals surface area contributed by atoms with Gasteiger partial charge in [0.15, 0.2) is 0 Å². The van der Waals surface area contributed by atoms with Crippen molar-refractivity contribution in [2.24, 2.45) is 5.41 Å². The molecule has 2 N–H and O–H groups in total. The number of hydrogen-bond acceptors (Lipinski definition) is 3. The topological polar surface area (TPSA) is 66.8 Å². The monoisotopic (exact) mass is 586 g/mol. The van der Waals surface area contributed by atoms with Gasteiger partial charge in [-0.3, -0.25) is 4.57 Å². The van der Waals surface area contributed by atoms with Gasteiger partial charge < -0.3 is 14.5 Å². The van der Waals surface area contributed by atoms with E-state index >= 15 is 0 Å². The molecule has 1 rings (SSSR count). The highest BCUT2D eigenvalue weighted by Crippen LogP contribution is 2.48. The van der Waals surface area contributed by atoms with E-state index in [9.17, 15) is 14.6 Å². The number of halogens is 1. The number of unbranched alkanes of at least 4 members (excludes halogenated alkanes) is 14. The minimum absolute atomic E-state index is 0.0135. The summed E-state index contributed by atoms with van der Waals surface area (Å²) in [6.45, 7) is 14.6. The molecule has 0 bridgehead atoms. The number of rotatable bonds is 21. The van der Waals surface area contributed by atoms with Crippen LogP contribution < -0.4 is 5.30 Å². The van der Waals surface area contributed by atoms with Crippen LogP contribution in [0, 0.1) is 5.41 Å². The van der Waals surface area contributed by atoms with E-state index in [0.29, 0.717) is 5.56 Å². The molecule has 0 amide bonds. The van der Waals surface area contributed by atoms with Crippen LogP contribution in [0.1, 0.15) is 163 Å². The lowest BCUT2D eigenvalue weighted by molar-refractivity contribution is 0.183. The van der Waals surface area contributed by atoms with Crippen molar-refractivity contribution in [3.05, 3.63) is 22.7 Å². The van der Waals surface area contributed by atoms with Crippen LogP contribution in [0.25, 0.3) is 0 Å². The van der Waals surface area contributed by atoms with Crippen molar-refractivity contribution >= 4 is 24.5 Å². The minimum Gasteiger partial charge on any atom is -0.506 e. The molecule has 1 aromatic rings. The Kier molecular flexibility index (Phi) is 16.9. The molecule has 0 aliphatic heterocycles. The number of phenols is 1. The summed E-state index contributed by atoms with van der Waals surface area (Å²) in [4.78, 5) is 10.8. The predicted molar refractivity (Wildman–Crippen MR) is 170 cm³/mol. The predicted octanol–water partition coefficient (Wildman–Crippen LogP) is 11.2. The van der Waals surface area contributed by atoms with Gasteiger partial charge in [0.2, 0.25) is 0 Å². The van der Waals surface area contributed by atoms with Crippen molar-refractivity contribution in [1.29, 1.82) is 0 Å². The van der Waals surface area contributed by atoms with Crippen molar-refractivity contribution in [2.45, 2.75) is 169 Å². The second kappa shape index (κ2) is 18.1. The molecule has 0 aromatic heterocycles. The Morgan fingerprint density at radius 2 is 1.26 bits per heavy atom. The van der Waals surface area contributed by atoms with Crippen LogP contribution in [0.15, 0.2) is 12.1 Å². The zero-order valence-corrected chi connectivity index (χ0v) is 27.9. The fourth-order valence-corrected chi connectivity index (χ4v) is 7.44. The summed E-state index contributed by atoms with van der Waals surface area (Å²) in [5.74, 6) is -0.0273. The van der Waals surface area contributed by atoms with Gasteiger partial charge >= 0.3 is 7.60 Å². The summed E-state index contributed by atoms with van der Waals surface area (Å²) >= 11 is 6.31. The van der Waals surface area contributed by atoms with Gasteiger partial charge in [-0.15, -0.1) is 0 Å². The van der Waals surface area contributed by atoms with Gasteiger partial charge in [0.25, 0.3) is 0 Å². The molecule has 0 aliphatic rings. The maximum Gasteiger partial charge on any atom is 0.359 e. The first-order valence-electron chi connectivity index (χ1n) is 15.7. The molecule has 0 saturated carbocycles. The first-order chi connectivity index (χ1) is 18.2. The fraction of sp³-hybridized carbons (Fsp3) is 0.818. The lowest BCUT2D eigenvalue weighted by Gasteiger charge is -2.34. The van der Waals surface area contributed by atoms with Crippen molar-refractivity contribution < 1.29 is 19.1 Å². The molecule has 1 aromatic carbocycles. The molecule has 6 heteroatoms. The Balaban J connectivity index is 2.37. The van der Waals surface area contributed by atoms with Crippen LogP contribution in [-0.4, -0.2) is 16.1 Å². The van der Waals surface area contributed by atoms with Crippen LogP contribution in [0.4, 0.5) is 0 Å². The highest BCUT2D eigenvalue weighted by Gasteiger charge is 2.34. The summed E-state index contributed by atoms with van der Waals surface area (Å²) in [6, 6.07) is 2.97. The molecule has 0 spiro atoms. The van der Waals surface area contributed by atoms with E-state index in [1.165, 1.54) is 89.5 Å². The lowest BCUT2D eigenvalue weighted by Crippen LogP contribution is -2.26. The molecule has 0 fully saturated rings. The van der Waals surface area contributed by atoms with Crippen molar-refractivity contribution in [1.82, 2.24) is 0 Å². The zero-order chi connectivity index (χ0) is 29.5. The third-order valence-electron chi connectivity index (χ3n) is 7.61. The maximum atomic E-state index is 13.2. The highest BCUT2D eigenvalue weighted by atomic mass is 35.5. The molecule has 2 atom stereocenters. The van der Waals surface area contributed by atoms with Gasteiger partial charge in [0.05, 0.1) is 16.4 Å². The standard InChI is InChI=1S/C33H60ClO4P/c1-8-9-10-11-12-13-14-15-16-17-18-19-20-21-22-23-27(2)38-39(36,37)28-24-29(31(35)30(34)25-28)33(6,7)26-32(3,4)5/h24-25,27,35H,8-23,26H2,1-7H3,(H,36,37). The Morgan fingerprint density at radius 1 is 0.821 bits per heavy atom. The number of aromatic hydroxyl groups is 1. The van der Waals surface area contributed by atoms with E-state index in [0.717, 1.165) is 25.7 Å². The Morgan fingerprint density at radius 3 is 1.69 bits per heavy atom. The Bertz CT molecular complexity index is 862. The molecule has 228 valence electrons. The zero-order valence-electron chi connectivity index (χ0n) is 26.3. The third kappa shape index (κ3) is 15.3. The largest absolute Gasteiger partial charge is 0.506 e. The molecule has 39 heavy (non-hydrogen) atoms. The molecule has 0 aliphatic carbocycles. The minimum atomic E-state index is -4.08. The van der Waals surface area contributed by atoms with Crippen molar-refractivity contribution in [3.8, 4) is 5.75 Å². The molecule has 2 unspecified atom stereocenters. The van der Waals surface area contributed by atoms with Crippen molar-refractivity contribution in [3.63, 3.8) is 0 Å². The fourth-order valence-electron chi connectivity index (χ4n) is 5.85. The second-order valence-corrected chi connectivity index (χ2v) is 15.8. The van der Waals surface area contributed by atoms with E-state index in [4.69, 9.17) is 16.1 Å². The van der Waals surface area contributed by atoms with Gasteiger partial charge in [-0.1, -0.05) is 149 Å². The molecule has 0 saturated heterocycles. The van der Waals surface area contributed by atoms with Gasteiger partial charge in [-0.25, -0.2) is 0 Å². The average molecular weight is 587 g/mol. The van der Waals surface area contributed by atoms with E-state index in [-0.39, 0.29) is 27.6 Å². The summed E-state index contributed by atoms with van der Waals surface area (Å²) in [7, 11) is -4.08. The quantitative estimate of drug-likeness (QED) is 0.111.